The normalized spacial score (nSPS) is 10.4. The Morgan fingerprint density at radius 2 is 2.00 bits per heavy atom. The van der Waals surface area contributed by atoms with Crippen molar-refractivity contribution in [2.24, 2.45) is 0 Å². The number of nitrogens with two attached hydrogens (primary N) is 1. The molecule has 0 unspecified atom stereocenters. The molecule has 0 amide bonds. The molecule has 0 aliphatic carbocycles. The second kappa shape index (κ2) is 4.94. The third kappa shape index (κ3) is 2.61. The van der Waals surface area contributed by atoms with Crippen LogP contribution in [-0.2, 0) is 0 Å². The van der Waals surface area contributed by atoms with Gasteiger partial charge in [-0.15, -0.1) is 0 Å². The number of benzene rings is 1. The Bertz CT molecular complexity index is 599. The molecular weight excluding hydrogens is 297 g/mol. The molecule has 2 rings (SSSR count). The zero-order valence-electron chi connectivity index (χ0n) is 10.1. The fourth-order valence-electron chi connectivity index (χ4n) is 1.56. The minimum Gasteiger partial charge on any atom is -0.397 e. The average molecular weight is 310 g/mol. The van der Waals surface area contributed by atoms with Crippen molar-refractivity contribution < 1.29 is 4.39 Å². The fourth-order valence-corrected chi connectivity index (χ4v) is 2.02. The zero-order chi connectivity index (χ0) is 13.3. The van der Waals surface area contributed by atoms with E-state index < -0.39 is 0 Å². The van der Waals surface area contributed by atoms with Gasteiger partial charge in [-0.3, -0.25) is 0 Å². The molecule has 2 aromatic rings. The molecular formula is C13H13BrFN3. The second-order valence-electron chi connectivity index (χ2n) is 4.08. The number of nitrogens with one attached hydrogen (secondary N) is 1. The summed E-state index contributed by atoms with van der Waals surface area (Å²) in [5.74, 6) is 0.335. The predicted molar refractivity (Wildman–Crippen MR) is 75.5 cm³/mol. The van der Waals surface area contributed by atoms with Gasteiger partial charge in [0.15, 0.2) is 0 Å². The molecule has 0 fully saturated rings. The van der Waals surface area contributed by atoms with Gasteiger partial charge >= 0.3 is 0 Å². The first kappa shape index (κ1) is 12.8. The third-order valence-corrected chi connectivity index (χ3v) is 3.26. The van der Waals surface area contributed by atoms with E-state index in [4.69, 9.17) is 5.73 Å². The largest absolute Gasteiger partial charge is 0.397 e. The van der Waals surface area contributed by atoms with E-state index in [1.165, 1.54) is 6.07 Å². The lowest BCUT2D eigenvalue weighted by Crippen LogP contribution is -2.00. The molecule has 1 aromatic heterocycles. The van der Waals surface area contributed by atoms with Crippen molar-refractivity contribution in [2.75, 3.05) is 11.1 Å². The Kier molecular flexibility index (Phi) is 3.52. The lowest BCUT2D eigenvalue weighted by Gasteiger charge is -2.11. The van der Waals surface area contributed by atoms with Gasteiger partial charge in [-0.1, -0.05) is 0 Å². The molecule has 0 radical (unpaired) electrons. The maximum Gasteiger partial charge on any atom is 0.139 e. The number of aromatic nitrogens is 1. The van der Waals surface area contributed by atoms with Crippen LogP contribution in [0.5, 0.6) is 0 Å². The van der Waals surface area contributed by atoms with Gasteiger partial charge in [0.2, 0.25) is 0 Å². The molecule has 1 heterocycles. The number of anilines is 3. The Labute approximate surface area is 113 Å². The number of hydrogen-bond acceptors (Lipinski definition) is 3. The van der Waals surface area contributed by atoms with Crippen molar-refractivity contribution >= 4 is 33.1 Å². The number of nitrogen functional groups attached to an aromatic ring is 1. The highest BCUT2D eigenvalue weighted by molar-refractivity contribution is 9.10. The smallest absolute Gasteiger partial charge is 0.139 e. The summed E-state index contributed by atoms with van der Waals surface area (Å²) in [4.78, 5) is 4.29. The first-order valence-electron chi connectivity index (χ1n) is 5.43. The van der Waals surface area contributed by atoms with Crippen LogP contribution in [0.1, 0.15) is 11.3 Å². The Morgan fingerprint density at radius 1 is 1.28 bits per heavy atom. The molecule has 0 aliphatic rings. The topological polar surface area (TPSA) is 50.9 Å². The van der Waals surface area contributed by atoms with Crippen LogP contribution >= 0.6 is 15.9 Å². The van der Waals surface area contributed by atoms with Crippen LogP contribution in [0.15, 0.2) is 28.7 Å². The van der Waals surface area contributed by atoms with Crippen LogP contribution < -0.4 is 11.1 Å². The highest BCUT2D eigenvalue weighted by Crippen LogP contribution is 2.26. The standard InChI is InChI=1S/C13H13BrFN3/c1-7-5-9(14)10(15)6-12(7)18-13-4-3-11(16)8(2)17-13/h3-6H,16H2,1-2H3,(H,17,18). The molecule has 3 N–H and O–H groups in total. The minimum absolute atomic E-state index is 0.310. The Balaban J connectivity index is 2.34. The maximum atomic E-state index is 13.5. The van der Waals surface area contributed by atoms with E-state index in [1.54, 1.807) is 18.2 Å². The maximum absolute atomic E-state index is 13.5. The number of pyridine rings is 1. The first-order valence-corrected chi connectivity index (χ1v) is 6.22. The predicted octanol–water partition coefficient (Wildman–Crippen LogP) is 3.93. The quantitative estimate of drug-likeness (QED) is 0.884. The monoisotopic (exact) mass is 309 g/mol. The summed E-state index contributed by atoms with van der Waals surface area (Å²) < 4.78 is 13.9. The molecule has 0 saturated heterocycles. The van der Waals surface area contributed by atoms with Crippen molar-refractivity contribution in [3.05, 3.63) is 45.8 Å². The number of hydrogen-bond donors (Lipinski definition) is 2. The summed E-state index contributed by atoms with van der Waals surface area (Å²) in [6.07, 6.45) is 0. The molecule has 0 bridgehead atoms. The molecule has 0 spiro atoms. The highest BCUT2D eigenvalue weighted by atomic mass is 79.9. The van der Waals surface area contributed by atoms with Crippen molar-refractivity contribution in [1.82, 2.24) is 4.98 Å². The molecule has 0 atom stereocenters. The number of aryl methyl sites for hydroxylation is 2. The Morgan fingerprint density at radius 3 is 2.67 bits per heavy atom. The van der Waals surface area contributed by atoms with E-state index in [0.29, 0.717) is 21.7 Å². The lowest BCUT2D eigenvalue weighted by atomic mass is 10.2. The summed E-state index contributed by atoms with van der Waals surface area (Å²) in [5, 5.41) is 3.08. The molecule has 0 aliphatic heterocycles. The van der Waals surface area contributed by atoms with Gasteiger partial charge in [0.1, 0.15) is 11.6 Å². The average Bonchev–Trinajstić information content (AvgIpc) is 2.31. The highest BCUT2D eigenvalue weighted by Gasteiger charge is 2.06. The molecule has 0 saturated carbocycles. The second-order valence-corrected chi connectivity index (χ2v) is 4.93. The lowest BCUT2D eigenvalue weighted by molar-refractivity contribution is 0.621. The minimum atomic E-state index is -0.310. The van der Waals surface area contributed by atoms with Gasteiger partial charge in [-0.05, 0) is 59.6 Å². The summed E-state index contributed by atoms with van der Waals surface area (Å²) >= 11 is 3.15. The van der Waals surface area contributed by atoms with Crippen molar-refractivity contribution in [1.29, 1.82) is 0 Å². The van der Waals surface area contributed by atoms with Crippen molar-refractivity contribution in [2.45, 2.75) is 13.8 Å². The van der Waals surface area contributed by atoms with Gasteiger partial charge in [-0.2, -0.15) is 0 Å². The van der Waals surface area contributed by atoms with Crippen LogP contribution in [0.3, 0.4) is 0 Å². The van der Waals surface area contributed by atoms with E-state index in [1.807, 2.05) is 13.8 Å². The van der Waals surface area contributed by atoms with E-state index in [2.05, 4.69) is 26.2 Å². The zero-order valence-corrected chi connectivity index (χ0v) is 11.7. The van der Waals surface area contributed by atoms with Crippen molar-refractivity contribution in [3.63, 3.8) is 0 Å². The van der Waals surface area contributed by atoms with Gasteiger partial charge in [0.25, 0.3) is 0 Å². The fraction of sp³-hybridized carbons (Fsp3) is 0.154. The van der Waals surface area contributed by atoms with Gasteiger partial charge < -0.3 is 11.1 Å². The number of halogens is 2. The Hall–Kier alpha value is -1.62. The van der Waals surface area contributed by atoms with Crippen LogP contribution in [-0.4, -0.2) is 4.98 Å². The van der Waals surface area contributed by atoms with E-state index in [-0.39, 0.29) is 5.82 Å². The SMILES string of the molecule is Cc1cc(Br)c(F)cc1Nc1ccc(N)c(C)n1. The molecule has 94 valence electrons. The number of nitrogens with zero attached hydrogens (tertiary/aromatic N) is 1. The third-order valence-electron chi connectivity index (χ3n) is 2.66. The van der Waals surface area contributed by atoms with Gasteiger partial charge in [-0.25, -0.2) is 9.37 Å². The first-order chi connectivity index (χ1) is 8.47. The van der Waals surface area contributed by atoms with Crippen molar-refractivity contribution in [3.8, 4) is 0 Å². The molecule has 1 aromatic carbocycles. The van der Waals surface area contributed by atoms with Crippen LogP contribution in [0, 0.1) is 19.7 Å². The van der Waals surface area contributed by atoms with Crippen LogP contribution in [0.2, 0.25) is 0 Å². The van der Waals surface area contributed by atoms with E-state index >= 15 is 0 Å². The van der Waals surface area contributed by atoms with Gasteiger partial charge in [0.05, 0.1) is 15.9 Å². The summed E-state index contributed by atoms with van der Waals surface area (Å²) in [7, 11) is 0. The van der Waals surface area contributed by atoms with Crippen LogP contribution in [0.4, 0.5) is 21.6 Å². The van der Waals surface area contributed by atoms with E-state index in [0.717, 1.165) is 11.3 Å². The summed E-state index contributed by atoms with van der Waals surface area (Å²) in [5.41, 5.74) is 8.70. The summed E-state index contributed by atoms with van der Waals surface area (Å²) in [6, 6.07) is 6.70. The molecule has 3 nitrogen and oxygen atoms in total. The van der Waals surface area contributed by atoms with Crippen LogP contribution in [0.25, 0.3) is 0 Å². The molecule has 5 heteroatoms. The molecule has 18 heavy (non-hydrogen) atoms. The van der Waals surface area contributed by atoms with Gasteiger partial charge in [0, 0.05) is 5.69 Å². The number of rotatable bonds is 2. The summed E-state index contributed by atoms with van der Waals surface area (Å²) in [6.45, 7) is 3.73. The van der Waals surface area contributed by atoms with E-state index in [9.17, 15) is 4.39 Å².